The van der Waals surface area contributed by atoms with Crippen molar-refractivity contribution >= 4 is 33.4 Å². The molecule has 1 aromatic rings. The molecule has 0 aromatic carbocycles. The van der Waals surface area contributed by atoms with E-state index in [-0.39, 0.29) is 18.7 Å². The average Bonchev–Trinajstić information content (AvgIpc) is 3.99. The lowest BCUT2D eigenvalue weighted by Gasteiger charge is -2.21. The highest BCUT2D eigenvalue weighted by Crippen LogP contribution is 2.60. The number of phosphoric acid groups is 2. The van der Waals surface area contributed by atoms with Crippen LogP contribution in [0.4, 0.5) is 5.82 Å². The quantitative estimate of drug-likeness (QED) is 0.0135. The molecule has 2 saturated heterocycles. The smallest absolute Gasteiger partial charge is 0.462 e. The second-order valence-corrected chi connectivity index (χ2v) is 20.7. The van der Waals surface area contributed by atoms with E-state index in [1.807, 2.05) is 0 Å². The molecule has 6 N–H and O–H groups in total. The lowest BCUT2D eigenvalue weighted by atomic mass is 10.1. The normalized spacial score (nSPS) is 22.6. The van der Waals surface area contributed by atoms with Crippen molar-refractivity contribution in [1.82, 2.24) is 9.55 Å². The maximum absolute atomic E-state index is 12.9. The van der Waals surface area contributed by atoms with Gasteiger partial charge < -0.3 is 44.7 Å². The highest BCUT2D eigenvalue weighted by molar-refractivity contribution is 7.61. The first-order valence-corrected chi connectivity index (χ1v) is 28.1. The van der Waals surface area contributed by atoms with Gasteiger partial charge in [-0.15, -0.1) is 0 Å². The molecular formula is C48H81N3O16P2. The van der Waals surface area contributed by atoms with Gasteiger partial charge in [-0.2, -0.15) is 9.29 Å². The fourth-order valence-electron chi connectivity index (χ4n) is 7.58. The van der Waals surface area contributed by atoms with Gasteiger partial charge >= 0.3 is 33.3 Å². The van der Waals surface area contributed by atoms with Gasteiger partial charge in [0, 0.05) is 19.0 Å². The number of esters is 2. The standard InChI is InChI=1S/C48H81N3O16P2/c1-3-5-7-8-9-10-11-12-13-14-15-16-21-24-28-32-44(53)64-38(35-61-43(52)31-27-23-20-18-17-19-22-26-30-40-39(65-40)29-25-6-4-2)36-62-68(57,58)67-69(59,60)63-37-41-45(54)46(55)47(66-41)51-34-33-42(49)50-48(51)56/h9-10,12-13,22,26,33-34,38-41,45-47,54-55H,3-8,11,14-21,23-25,27-32,35-37H2,1-2H3,(H,57,58)(H,59,60)(H2,49,50,56)/b10-9-,13-12-,26-22-/t38-,39?,40?,41-,45-,46-,47-/m1/s1. The minimum atomic E-state index is -5.43. The number of unbranched alkanes of at least 4 members (excludes halogenated alkanes) is 15. The van der Waals surface area contributed by atoms with E-state index in [4.69, 9.17) is 33.7 Å². The third kappa shape index (κ3) is 26.8. The average molecular weight is 1020 g/mol. The maximum Gasteiger partial charge on any atom is 0.481 e. The number of carbonyl (C=O) groups excluding carboxylic acids is 2. The number of carbonyl (C=O) groups is 2. The number of hydrogen-bond donors (Lipinski definition) is 5. The van der Waals surface area contributed by atoms with E-state index < -0.39 is 83.7 Å². The van der Waals surface area contributed by atoms with Crippen LogP contribution in [0.15, 0.2) is 53.5 Å². The van der Waals surface area contributed by atoms with Crippen molar-refractivity contribution in [2.45, 2.75) is 211 Å². The minimum absolute atomic E-state index is 0.0281. The highest BCUT2D eigenvalue weighted by Gasteiger charge is 2.46. The van der Waals surface area contributed by atoms with Crippen LogP contribution in [0.5, 0.6) is 0 Å². The number of rotatable bonds is 40. The van der Waals surface area contributed by atoms with Crippen molar-refractivity contribution in [1.29, 1.82) is 0 Å². The Labute approximate surface area is 408 Å². The Kier molecular flexibility index (Phi) is 30.0. The number of nitrogens with zero attached hydrogens (tertiary/aromatic N) is 2. The molecule has 0 amide bonds. The molecule has 3 rings (SSSR count). The van der Waals surface area contributed by atoms with E-state index in [1.165, 1.54) is 44.6 Å². The molecule has 2 aliphatic rings. The van der Waals surface area contributed by atoms with E-state index in [0.717, 1.165) is 101 Å². The second-order valence-electron chi connectivity index (χ2n) is 17.7. The Morgan fingerprint density at radius 3 is 1.96 bits per heavy atom. The summed E-state index contributed by atoms with van der Waals surface area (Å²) >= 11 is 0. The van der Waals surface area contributed by atoms with Crippen molar-refractivity contribution in [3.63, 3.8) is 0 Å². The van der Waals surface area contributed by atoms with Crippen molar-refractivity contribution in [2.24, 2.45) is 0 Å². The van der Waals surface area contributed by atoms with Crippen LogP contribution in [0.3, 0.4) is 0 Å². The van der Waals surface area contributed by atoms with Gasteiger partial charge in [0.1, 0.15) is 30.7 Å². The minimum Gasteiger partial charge on any atom is -0.462 e. The topological polar surface area (TPSA) is 278 Å². The lowest BCUT2D eigenvalue weighted by Crippen LogP contribution is -2.36. The van der Waals surface area contributed by atoms with Crippen molar-refractivity contribution in [2.75, 3.05) is 25.6 Å². The fourth-order valence-corrected chi connectivity index (χ4v) is 9.69. The summed E-state index contributed by atoms with van der Waals surface area (Å²) in [5.41, 5.74) is 4.58. The number of hydrogen-bond acceptors (Lipinski definition) is 16. The predicted molar refractivity (Wildman–Crippen MR) is 261 cm³/mol. The summed E-state index contributed by atoms with van der Waals surface area (Å²) < 4.78 is 62.5. The monoisotopic (exact) mass is 1020 g/mol. The van der Waals surface area contributed by atoms with Gasteiger partial charge in [-0.3, -0.25) is 23.2 Å². The molecule has 394 valence electrons. The molecule has 3 heterocycles. The number of aromatic nitrogens is 2. The molecule has 21 heteroatoms. The number of phosphoric ester groups is 2. The first kappa shape index (κ1) is 60.2. The zero-order chi connectivity index (χ0) is 50.3. The molecule has 69 heavy (non-hydrogen) atoms. The van der Waals surface area contributed by atoms with Gasteiger partial charge in [0.05, 0.1) is 25.4 Å². The van der Waals surface area contributed by atoms with Gasteiger partial charge in [0.2, 0.25) is 0 Å². The molecule has 0 spiro atoms. The van der Waals surface area contributed by atoms with E-state index in [0.29, 0.717) is 25.0 Å². The van der Waals surface area contributed by atoms with Crippen LogP contribution in [0.1, 0.15) is 174 Å². The molecule has 4 unspecified atom stereocenters. The number of aliphatic hydroxyl groups is 2. The Morgan fingerprint density at radius 1 is 0.725 bits per heavy atom. The van der Waals surface area contributed by atoms with Gasteiger partial charge in [-0.25, -0.2) is 13.9 Å². The first-order chi connectivity index (χ1) is 33.1. The van der Waals surface area contributed by atoms with Gasteiger partial charge in [-0.1, -0.05) is 121 Å². The Morgan fingerprint density at radius 2 is 1.30 bits per heavy atom. The second kappa shape index (κ2) is 34.3. The molecule has 1 aromatic heterocycles. The summed E-state index contributed by atoms with van der Waals surface area (Å²) in [6.45, 7) is 2.06. The number of ether oxygens (including phenoxy) is 4. The SMILES string of the molecule is CCCCC/C=C\C/C=C\CCCCCCCC(=O)O[C@H](COC(=O)CCCCCCC/C=C\CC1OC1CCCCC)COP(=O)(O)OP(=O)(O)OC[C@H]1O[C@@H](n2ccc(N)nc2=O)[C@H](O)[C@@H]1O. The van der Waals surface area contributed by atoms with Crippen LogP contribution < -0.4 is 11.4 Å². The Balaban J connectivity index is 1.40. The Bertz CT molecular complexity index is 1860. The summed E-state index contributed by atoms with van der Waals surface area (Å²) in [5, 5.41) is 20.9. The van der Waals surface area contributed by atoms with Crippen LogP contribution >= 0.6 is 15.6 Å². The van der Waals surface area contributed by atoms with Crippen molar-refractivity contribution in [3.8, 4) is 0 Å². The van der Waals surface area contributed by atoms with E-state index in [2.05, 4.69) is 59.6 Å². The highest BCUT2D eigenvalue weighted by atomic mass is 31.3. The first-order valence-electron chi connectivity index (χ1n) is 25.1. The summed E-state index contributed by atoms with van der Waals surface area (Å²) in [7, 11) is -10.9. The number of aliphatic hydroxyl groups excluding tert-OH is 2. The maximum atomic E-state index is 12.9. The van der Waals surface area contributed by atoms with E-state index >= 15 is 0 Å². The summed E-state index contributed by atoms with van der Waals surface area (Å²) in [6.07, 6.45) is 29.6. The fraction of sp³-hybridized carbons (Fsp3) is 0.750. The van der Waals surface area contributed by atoms with Crippen molar-refractivity contribution in [3.05, 3.63) is 59.2 Å². The van der Waals surface area contributed by atoms with Crippen LogP contribution in [0.25, 0.3) is 0 Å². The number of nitrogen functional groups attached to an aromatic ring is 1. The Hall–Kier alpha value is -3.06. The molecule has 0 bridgehead atoms. The predicted octanol–water partition coefficient (Wildman–Crippen LogP) is 8.99. The molecule has 0 radical (unpaired) electrons. The molecule has 2 fully saturated rings. The third-order valence-electron chi connectivity index (χ3n) is 11.6. The molecule has 2 aliphatic heterocycles. The number of anilines is 1. The number of allylic oxidation sites excluding steroid dienone is 5. The largest absolute Gasteiger partial charge is 0.481 e. The van der Waals surface area contributed by atoms with Crippen LogP contribution in [0.2, 0.25) is 0 Å². The molecular weight excluding hydrogens is 936 g/mol. The van der Waals surface area contributed by atoms with E-state index in [9.17, 15) is 43.5 Å². The third-order valence-corrected chi connectivity index (χ3v) is 14.2. The molecule has 9 atom stereocenters. The van der Waals surface area contributed by atoms with Crippen LogP contribution in [-0.2, 0) is 51.0 Å². The van der Waals surface area contributed by atoms with Crippen molar-refractivity contribution < 1.29 is 71.0 Å². The summed E-state index contributed by atoms with van der Waals surface area (Å²) in [6, 6.07) is 1.25. The molecule has 0 saturated carbocycles. The number of nitrogens with two attached hydrogens (primary N) is 1. The van der Waals surface area contributed by atoms with Crippen LogP contribution in [-0.4, -0.2) is 97.9 Å². The number of epoxide rings is 1. The zero-order valence-electron chi connectivity index (χ0n) is 40.8. The van der Waals surface area contributed by atoms with Crippen LogP contribution in [0, 0.1) is 0 Å². The molecule has 0 aliphatic carbocycles. The van der Waals surface area contributed by atoms with Gasteiger partial charge in [-0.05, 0) is 76.7 Å². The van der Waals surface area contributed by atoms with Gasteiger partial charge in [0.25, 0.3) is 0 Å². The summed E-state index contributed by atoms with van der Waals surface area (Å²) in [5.74, 6) is -1.33. The molecule has 19 nitrogen and oxygen atoms in total. The van der Waals surface area contributed by atoms with Gasteiger partial charge in [0.15, 0.2) is 12.3 Å². The van der Waals surface area contributed by atoms with E-state index in [1.54, 1.807) is 0 Å². The zero-order valence-corrected chi connectivity index (χ0v) is 42.6. The lowest BCUT2D eigenvalue weighted by molar-refractivity contribution is -0.161. The summed E-state index contributed by atoms with van der Waals surface area (Å²) in [4.78, 5) is 61.9.